The molecule has 1 aromatic rings. The molecular formula is C18H21NO. The van der Waals surface area contributed by atoms with Crippen LogP contribution in [-0.4, -0.2) is 11.3 Å². The van der Waals surface area contributed by atoms with Gasteiger partial charge in [-0.25, -0.2) is 0 Å². The van der Waals surface area contributed by atoms with Crippen LogP contribution in [0.2, 0.25) is 0 Å². The molecule has 1 atom stereocenters. The summed E-state index contributed by atoms with van der Waals surface area (Å²) in [7, 11) is 0. The molecule has 2 heterocycles. The highest BCUT2D eigenvalue weighted by molar-refractivity contribution is 6.09. The van der Waals surface area contributed by atoms with Crippen LogP contribution in [0, 0.1) is 0 Å². The summed E-state index contributed by atoms with van der Waals surface area (Å²) in [6.07, 6.45) is 10.1. The smallest absolute Gasteiger partial charge is 0.187 e. The quantitative estimate of drug-likeness (QED) is 0.809. The number of para-hydroxylation sites is 1. The first kappa shape index (κ1) is 13.2. The van der Waals surface area contributed by atoms with Crippen LogP contribution in [0.25, 0.3) is 6.08 Å². The number of benzene rings is 1. The predicted octanol–water partition coefficient (Wildman–Crippen LogP) is 4.33. The minimum atomic E-state index is -0.475. The summed E-state index contributed by atoms with van der Waals surface area (Å²) in [6, 6.07) is 8.35. The minimum Gasteiger partial charge on any atom is -0.327 e. The standard InChI is InChI=1S/C18H21NO/c1-3-5-9-15-13-17(20)18(4-2)12-11-14-8-6-7-10-16(14)19(15)18/h6-8,10-13H,3-5,9H2,1-2H3. The van der Waals surface area contributed by atoms with Gasteiger partial charge in [0, 0.05) is 17.5 Å². The van der Waals surface area contributed by atoms with E-state index in [1.54, 1.807) is 0 Å². The molecule has 0 amide bonds. The average Bonchev–Trinajstić information content (AvgIpc) is 2.78. The summed E-state index contributed by atoms with van der Waals surface area (Å²) in [5.74, 6) is 0.233. The van der Waals surface area contributed by atoms with E-state index in [2.05, 4.69) is 55.2 Å². The van der Waals surface area contributed by atoms with Crippen molar-refractivity contribution in [3.05, 3.63) is 47.7 Å². The van der Waals surface area contributed by atoms with Crippen LogP contribution in [0.3, 0.4) is 0 Å². The second-order valence-corrected chi connectivity index (χ2v) is 5.61. The molecule has 2 nitrogen and oxygen atoms in total. The molecule has 104 valence electrons. The molecule has 20 heavy (non-hydrogen) atoms. The van der Waals surface area contributed by atoms with E-state index in [4.69, 9.17) is 0 Å². The molecule has 1 unspecified atom stereocenters. The van der Waals surface area contributed by atoms with Crippen molar-refractivity contribution in [1.29, 1.82) is 0 Å². The molecular weight excluding hydrogens is 246 g/mol. The van der Waals surface area contributed by atoms with E-state index in [0.29, 0.717) is 0 Å². The zero-order valence-electron chi connectivity index (χ0n) is 12.2. The van der Waals surface area contributed by atoms with Gasteiger partial charge in [0.1, 0.15) is 5.54 Å². The lowest BCUT2D eigenvalue weighted by molar-refractivity contribution is -0.117. The maximum atomic E-state index is 12.6. The second-order valence-electron chi connectivity index (χ2n) is 5.61. The molecule has 0 saturated carbocycles. The van der Waals surface area contributed by atoms with Crippen molar-refractivity contribution in [1.82, 2.24) is 0 Å². The molecule has 2 aliphatic heterocycles. The first-order chi connectivity index (χ1) is 9.73. The van der Waals surface area contributed by atoms with Gasteiger partial charge in [0.2, 0.25) is 0 Å². The molecule has 0 fully saturated rings. The maximum Gasteiger partial charge on any atom is 0.187 e. The van der Waals surface area contributed by atoms with Crippen LogP contribution in [0.4, 0.5) is 5.69 Å². The van der Waals surface area contributed by atoms with Gasteiger partial charge in [-0.05, 0) is 30.9 Å². The van der Waals surface area contributed by atoms with Crippen molar-refractivity contribution in [2.75, 3.05) is 4.90 Å². The van der Waals surface area contributed by atoms with Crippen LogP contribution in [0.1, 0.15) is 45.1 Å². The fourth-order valence-electron chi connectivity index (χ4n) is 3.29. The Hall–Kier alpha value is -1.83. The summed E-state index contributed by atoms with van der Waals surface area (Å²) in [4.78, 5) is 14.9. The number of hydrogen-bond acceptors (Lipinski definition) is 2. The van der Waals surface area contributed by atoms with E-state index in [9.17, 15) is 4.79 Å². The van der Waals surface area contributed by atoms with Crippen LogP contribution in [0.5, 0.6) is 0 Å². The zero-order chi connectivity index (χ0) is 14.2. The highest BCUT2D eigenvalue weighted by Gasteiger charge is 2.47. The summed E-state index contributed by atoms with van der Waals surface area (Å²) in [5, 5.41) is 0. The molecule has 0 aromatic heterocycles. The number of nitrogens with zero attached hydrogens (tertiary/aromatic N) is 1. The average molecular weight is 267 g/mol. The van der Waals surface area contributed by atoms with Crippen molar-refractivity contribution in [2.45, 2.75) is 45.1 Å². The molecule has 0 aliphatic carbocycles. The SMILES string of the molecule is CCCCC1=CC(=O)C2(CC)C=Cc3ccccc3N12. The predicted molar refractivity (Wildman–Crippen MR) is 83.6 cm³/mol. The first-order valence-corrected chi connectivity index (χ1v) is 7.56. The van der Waals surface area contributed by atoms with Gasteiger partial charge in [-0.1, -0.05) is 50.6 Å². The highest BCUT2D eigenvalue weighted by Crippen LogP contribution is 2.44. The van der Waals surface area contributed by atoms with Crippen LogP contribution < -0.4 is 4.90 Å². The third kappa shape index (κ3) is 1.75. The van der Waals surface area contributed by atoms with Gasteiger partial charge >= 0.3 is 0 Å². The Kier molecular flexibility index (Phi) is 3.25. The molecule has 1 aromatic carbocycles. The number of carbonyl (C=O) groups excluding carboxylic acids is 1. The molecule has 0 spiro atoms. The maximum absolute atomic E-state index is 12.6. The number of fused-ring (bicyclic) bond motifs is 3. The van der Waals surface area contributed by atoms with Crippen molar-refractivity contribution in [3.63, 3.8) is 0 Å². The fraction of sp³-hybridized carbons (Fsp3) is 0.389. The summed E-state index contributed by atoms with van der Waals surface area (Å²) in [6.45, 7) is 4.29. The number of anilines is 1. The van der Waals surface area contributed by atoms with Crippen LogP contribution in [0.15, 0.2) is 42.1 Å². The van der Waals surface area contributed by atoms with Gasteiger partial charge in [-0.2, -0.15) is 0 Å². The van der Waals surface area contributed by atoms with Gasteiger partial charge in [0.25, 0.3) is 0 Å². The number of hydrogen-bond donors (Lipinski definition) is 0. The lowest BCUT2D eigenvalue weighted by Gasteiger charge is -2.41. The van der Waals surface area contributed by atoms with Gasteiger partial charge in [-0.3, -0.25) is 4.79 Å². The van der Waals surface area contributed by atoms with Crippen molar-refractivity contribution < 1.29 is 4.79 Å². The molecule has 3 rings (SSSR count). The number of ketones is 1. The number of unbranched alkanes of at least 4 members (excludes halogenated alkanes) is 1. The van der Waals surface area contributed by atoms with Gasteiger partial charge in [0.05, 0.1) is 0 Å². The highest BCUT2D eigenvalue weighted by atomic mass is 16.1. The fourth-order valence-corrected chi connectivity index (χ4v) is 3.29. The van der Waals surface area contributed by atoms with E-state index in [1.165, 1.54) is 16.9 Å². The lowest BCUT2D eigenvalue weighted by atomic mass is 9.86. The van der Waals surface area contributed by atoms with Crippen molar-refractivity contribution >= 4 is 17.5 Å². The molecule has 2 heteroatoms. The van der Waals surface area contributed by atoms with E-state index in [0.717, 1.165) is 25.7 Å². The number of rotatable bonds is 4. The third-order valence-electron chi connectivity index (χ3n) is 4.45. The normalized spacial score (nSPS) is 23.6. The monoisotopic (exact) mass is 267 g/mol. The Labute approximate surface area is 120 Å². The van der Waals surface area contributed by atoms with E-state index in [-0.39, 0.29) is 5.78 Å². The van der Waals surface area contributed by atoms with E-state index in [1.807, 2.05) is 6.08 Å². The van der Waals surface area contributed by atoms with Crippen LogP contribution >= 0.6 is 0 Å². The number of carbonyl (C=O) groups is 1. The Balaban J connectivity index is 2.09. The topological polar surface area (TPSA) is 20.3 Å². The molecule has 0 saturated heterocycles. The number of allylic oxidation sites excluding steroid dienone is 1. The van der Waals surface area contributed by atoms with Crippen molar-refractivity contribution in [3.8, 4) is 0 Å². The molecule has 0 bridgehead atoms. The van der Waals surface area contributed by atoms with Crippen molar-refractivity contribution in [2.24, 2.45) is 0 Å². The van der Waals surface area contributed by atoms with Gasteiger partial charge in [-0.15, -0.1) is 0 Å². The van der Waals surface area contributed by atoms with Crippen LogP contribution in [-0.2, 0) is 4.79 Å². The molecule has 2 aliphatic rings. The lowest BCUT2D eigenvalue weighted by Crippen LogP contribution is -2.49. The summed E-state index contributed by atoms with van der Waals surface area (Å²) >= 11 is 0. The Morgan fingerprint density at radius 3 is 2.75 bits per heavy atom. The second kappa shape index (κ2) is 4.93. The van der Waals surface area contributed by atoms with Gasteiger partial charge in [0.15, 0.2) is 5.78 Å². The minimum absolute atomic E-state index is 0.233. The first-order valence-electron chi connectivity index (χ1n) is 7.56. The summed E-state index contributed by atoms with van der Waals surface area (Å²) < 4.78 is 0. The summed E-state index contributed by atoms with van der Waals surface area (Å²) in [5.41, 5.74) is 3.08. The third-order valence-corrected chi connectivity index (χ3v) is 4.45. The molecule has 0 radical (unpaired) electrons. The largest absolute Gasteiger partial charge is 0.327 e. The van der Waals surface area contributed by atoms with E-state index < -0.39 is 5.54 Å². The van der Waals surface area contributed by atoms with Gasteiger partial charge < -0.3 is 4.90 Å². The zero-order valence-corrected chi connectivity index (χ0v) is 12.2. The Bertz CT molecular complexity index is 599. The molecule has 0 N–H and O–H groups in total. The van der Waals surface area contributed by atoms with E-state index >= 15 is 0 Å². The Morgan fingerprint density at radius 2 is 2.00 bits per heavy atom. The Morgan fingerprint density at radius 1 is 1.20 bits per heavy atom.